The fourth-order valence-electron chi connectivity index (χ4n) is 2.63. The van der Waals surface area contributed by atoms with Crippen molar-refractivity contribution in [3.63, 3.8) is 0 Å². The van der Waals surface area contributed by atoms with Crippen LogP contribution in [0.2, 0.25) is 0 Å². The van der Waals surface area contributed by atoms with Crippen molar-refractivity contribution in [1.29, 1.82) is 0 Å². The summed E-state index contributed by atoms with van der Waals surface area (Å²) in [6.45, 7) is 5.55. The van der Waals surface area contributed by atoms with Crippen LogP contribution in [0.4, 0.5) is 5.69 Å². The Morgan fingerprint density at radius 1 is 1.17 bits per heavy atom. The lowest BCUT2D eigenvalue weighted by molar-refractivity contribution is -0.384. The van der Waals surface area contributed by atoms with Crippen LogP contribution in [0.3, 0.4) is 0 Å². The molecule has 1 aromatic carbocycles. The van der Waals surface area contributed by atoms with Gasteiger partial charge < -0.3 is 10.2 Å². The summed E-state index contributed by atoms with van der Waals surface area (Å²) in [5.41, 5.74) is 0.695. The number of unbranched alkanes of at least 4 members (excludes halogenated alkanes) is 2. The summed E-state index contributed by atoms with van der Waals surface area (Å²) in [5, 5.41) is 16.0. The maximum absolute atomic E-state index is 12.9. The van der Waals surface area contributed by atoms with Gasteiger partial charge in [0.2, 0.25) is 0 Å². The lowest BCUT2D eigenvalue weighted by Gasteiger charge is -2.21. The minimum atomic E-state index is -0.494. The Bertz CT molecular complexity index is 835. The Morgan fingerprint density at radius 3 is 2.48 bits per heavy atom. The minimum Gasteiger partial charge on any atom is -0.351 e. The first kappa shape index (κ1) is 22.5. The van der Waals surface area contributed by atoms with Crippen LogP contribution >= 0.6 is 11.3 Å². The molecule has 0 aliphatic heterocycles. The normalized spacial score (nSPS) is 10.6. The molecular formula is C20H26N4O4S. The number of carbonyl (C=O) groups is 2. The summed E-state index contributed by atoms with van der Waals surface area (Å²) in [4.78, 5) is 41.4. The fourth-order valence-corrected chi connectivity index (χ4v) is 3.42. The molecule has 2 amide bonds. The van der Waals surface area contributed by atoms with Gasteiger partial charge in [-0.1, -0.05) is 26.7 Å². The Hall–Kier alpha value is -2.81. The van der Waals surface area contributed by atoms with Gasteiger partial charge in [-0.3, -0.25) is 19.7 Å². The number of amides is 2. The zero-order valence-electron chi connectivity index (χ0n) is 16.7. The van der Waals surface area contributed by atoms with E-state index in [0.29, 0.717) is 35.9 Å². The number of benzene rings is 1. The quantitative estimate of drug-likeness (QED) is 0.337. The Morgan fingerprint density at radius 2 is 1.86 bits per heavy atom. The van der Waals surface area contributed by atoms with Crippen LogP contribution in [-0.4, -0.2) is 39.7 Å². The summed E-state index contributed by atoms with van der Waals surface area (Å²) in [6.07, 6.45) is 3.67. The SMILES string of the molecule is CCCCNC(=O)c1csc(CN(CCCC)C(=O)c2ccc([N+](=O)[O-])cc2)n1. The van der Waals surface area contributed by atoms with Crippen molar-refractivity contribution < 1.29 is 14.5 Å². The third kappa shape index (κ3) is 6.63. The first-order chi connectivity index (χ1) is 14.0. The zero-order valence-corrected chi connectivity index (χ0v) is 17.5. The molecule has 1 heterocycles. The highest BCUT2D eigenvalue weighted by molar-refractivity contribution is 7.09. The Kier molecular flexibility index (Phi) is 8.72. The molecule has 29 heavy (non-hydrogen) atoms. The number of rotatable bonds is 11. The summed E-state index contributed by atoms with van der Waals surface area (Å²) in [5.74, 6) is -0.416. The van der Waals surface area contributed by atoms with E-state index < -0.39 is 4.92 Å². The van der Waals surface area contributed by atoms with Crippen molar-refractivity contribution in [2.24, 2.45) is 0 Å². The minimum absolute atomic E-state index is 0.0553. The molecule has 0 bridgehead atoms. The number of nitro groups is 1. The van der Waals surface area contributed by atoms with Crippen molar-refractivity contribution >= 4 is 28.8 Å². The highest BCUT2D eigenvalue weighted by Crippen LogP contribution is 2.18. The van der Waals surface area contributed by atoms with E-state index in [1.165, 1.54) is 35.6 Å². The number of thiazole rings is 1. The molecule has 0 aliphatic carbocycles. The van der Waals surface area contributed by atoms with Crippen molar-refractivity contribution in [2.75, 3.05) is 13.1 Å². The third-order valence-electron chi connectivity index (χ3n) is 4.32. The largest absolute Gasteiger partial charge is 0.351 e. The standard InChI is InChI=1S/C20H26N4O4S/c1-3-5-11-21-19(25)17-14-29-18(22-17)13-23(12-6-4-2)20(26)15-7-9-16(10-8-15)24(27)28/h7-10,14H,3-6,11-13H2,1-2H3,(H,21,25). The number of non-ortho nitro benzene ring substituents is 1. The van der Waals surface area contributed by atoms with Gasteiger partial charge in [-0.25, -0.2) is 4.98 Å². The van der Waals surface area contributed by atoms with Gasteiger partial charge in [-0.2, -0.15) is 0 Å². The molecule has 0 unspecified atom stereocenters. The van der Waals surface area contributed by atoms with Gasteiger partial charge >= 0.3 is 0 Å². The van der Waals surface area contributed by atoms with Gasteiger partial charge in [0.15, 0.2) is 0 Å². The van der Waals surface area contributed by atoms with E-state index in [1.807, 2.05) is 6.92 Å². The molecule has 2 rings (SSSR count). The second kappa shape index (κ2) is 11.3. The van der Waals surface area contributed by atoms with E-state index in [2.05, 4.69) is 17.2 Å². The van der Waals surface area contributed by atoms with Crippen molar-refractivity contribution in [3.05, 3.63) is 56.0 Å². The lowest BCUT2D eigenvalue weighted by atomic mass is 10.1. The Balaban J connectivity index is 2.09. The summed E-state index contributed by atoms with van der Waals surface area (Å²) < 4.78 is 0. The number of hydrogen-bond donors (Lipinski definition) is 1. The molecule has 0 saturated heterocycles. The van der Waals surface area contributed by atoms with Crippen LogP contribution in [0.1, 0.15) is 65.4 Å². The number of aromatic nitrogens is 1. The molecular weight excluding hydrogens is 392 g/mol. The molecule has 0 radical (unpaired) electrons. The van der Waals surface area contributed by atoms with Crippen LogP contribution < -0.4 is 5.32 Å². The van der Waals surface area contributed by atoms with Gasteiger partial charge in [-0.05, 0) is 25.0 Å². The zero-order chi connectivity index (χ0) is 21.2. The highest BCUT2D eigenvalue weighted by atomic mass is 32.1. The van der Waals surface area contributed by atoms with Crippen molar-refractivity contribution in [3.8, 4) is 0 Å². The fraction of sp³-hybridized carbons (Fsp3) is 0.450. The van der Waals surface area contributed by atoms with E-state index in [-0.39, 0.29) is 17.5 Å². The number of nitrogens with one attached hydrogen (secondary N) is 1. The summed E-state index contributed by atoms with van der Waals surface area (Å²) in [6, 6.07) is 5.59. The van der Waals surface area contributed by atoms with E-state index in [9.17, 15) is 19.7 Å². The second-order valence-electron chi connectivity index (χ2n) is 6.62. The lowest BCUT2D eigenvalue weighted by Crippen LogP contribution is -2.31. The number of nitrogens with zero attached hydrogens (tertiary/aromatic N) is 3. The van der Waals surface area contributed by atoms with E-state index >= 15 is 0 Å². The number of carbonyl (C=O) groups excluding carboxylic acids is 2. The van der Waals surface area contributed by atoms with Gasteiger partial charge in [0, 0.05) is 36.2 Å². The summed E-state index contributed by atoms with van der Waals surface area (Å²) >= 11 is 1.34. The monoisotopic (exact) mass is 418 g/mol. The number of nitro benzene ring substituents is 1. The molecule has 1 N–H and O–H groups in total. The molecule has 156 valence electrons. The molecule has 0 atom stereocenters. The van der Waals surface area contributed by atoms with Gasteiger partial charge in [0.1, 0.15) is 10.7 Å². The third-order valence-corrected chi connectivity index (χ3v) is 5.15. The molecule has 9 heteroatoms. The highest BCUT2D eigenvalue weighted by Gasteiger charge is 2.19. The molecule has 8 nitrogen and oxygen atoms in total. The van der Waals surface area contributed by atoms with E-state index in [1.54, 1.807) is 10.3 Å². The maximum atomic E-state index is 12.9. The van der Waals surface area contributed by atoms with Gasteiger partial charge in [0.05, 0.1) is 11.5 Å². The topological polar surface area (TPSA) is 105 Å². The van der Waals surface area contributed by atoms with E-state index in [4.69, 9.17) is 0 Å². The van der Waals surface area contributed by atoms with Crippen molar-refractivity contribution in [2.45, 2.75) is 46.1 Å². The Labute approximate surface area is 174 Å². The average molecular weight is 419 g/mol. The van der Waals surface area contributed by atoms with Crippen LogP contribution in [-0.2, 0) is 6.54 Å². The molecule has 2 aromatic rings. The van der Waals surface area contributed by atoms with E-state index in [0.717, 1.165) is 25.7 Å². The van der Waals surface area contributed by atoms with Gasteiger partial charge in [0.25, 0.3) is 17.5 Å². The van der Waals surface area contributed by atoms with Crippen LogP contribution in [0, 0.1) is 10.1 Å². The smallest absolute Gasteiger partial charge is 0.270 e. The molecule has 0 aliphatic rings. The van der Waals surface area contributed by atoms with Crippen LogP contribution in [0.5, 0.6) is 0 Å². The van der Waals surface area contributed by atoms with Crippen LogP contribution in [0.15, 0.2) is 29.6 Å². The maximum Gasteiger partial charge on any atom is 0.270 e. The first-order valence-electron chi connectivity index (χ1n) is 9.72. The number of hydrogen-bond acceptors (Lipinski definition) is 6. The summed E-state index contributed by atoms with van der Waals surface area (Å²) in [7, 11) is 0. The first-order valence-corrected chi connectivity index (χ1v) is 10.6. The predicted molar refractivity (Wildman–Crippen MR) is 112 cm³/mol. The molecule has 1 aromatic heterocycles. The predicted octanol–water partition coefficient (Wildman–Crippen LogP) is 4.02. The van der Waals surface area contributed by atoms with Crippen molar-refractivity contribution in [1.82, 2.24) is 15.2 Å². The second-order valence-corrected chi connectivity index (χ2v) is 7.56. The van der Waals surface area contributed by atoms with Crippen LogP contribution in [0.25, 0.3) is 0 Å². The molecule has 0 spiro atoms. The average Bonchev–Trinajstić information content (AvgIpc) is 3.19. The molecule has 0 saturated carbocycles. The molecule has 0 fully saturated rings. The van der Waals surface area contributed by atoms with Gasteiger partial charge in [-0.15, -0.1) is 11.3 Å².